The van der Waals surface area contributed by atoms with Crippen molar-refractivity contribution in [1.29, 1.82) is 0 Å². The molecule has 2 unspecified atom stereocenters. The van der Waals surface area contributed by atoms with Crippen LogP contribution in [0.4, 0.5) is 0 Å². The van der Waals surface area contributed by atoms with E-state index in [9.17, 15) is 4.79 Å². The van der Waals surface area contributed by atoms with Crippen molar-refractivity contribution >= 4 is 5.97 Å². The molecule has 0 amide bonds. The lowest BCUT2D eigenvalue weighted by molar-refractivity contribution is -0.142. The minimum Gasteiger partial charge on any atom is -0.508 e. The van der Waals surface area contributed by atoms with E-state index in [-0.39, 0.29) is 11.7 Å². The zero-order valence-electron chi connectivity index (χ0n) is 8.81. The predicted molar refractivity (Wildman–Crippen MR) is 56.5 cm³/mol. The summed E-state index contributed by atoms with van der Waals surface area (Å²) in [5.74, 6) is -0.383. The fourth-order valence-electron chi connectivity index (χ4n) is 1.33. The van der Waals surface area contributed by atoms with E-state index >= 15 is 0 Å². The van der Waals surface area contributed by atoms with Gasteiger partial charge in [-0.3, -0.25) is 4.79 Å². The fourth-order valence-corrected chi connectivity index (χ4v) is 1.33. The maximum Gasteiger partial charge on any atom is 0.323 e. The highest BCUT2D eigenvalue weighted by molar-refractivity contribution is 5.76. The molecular formula is C11H15NO3. The third-order valence-electron chi connectivity index (χ3n) is 2.43. The largest absolute Gasteiger partial charge is 0.508 e. The quantitative estimate of drug-likeness (QED) is 0.728. The number of carbonyl (C=O) groups excluding carboxylic acids is 1. The van der Waals surface area contributed by atoms with Crippen molar-refractivity contribution in [2.45, 2.75) is 18.9 Å². The van der Waals surface area contributed by atoms with Crippen LogP contribution in [0.15, 0.2) is 24.3 Å². The van der Waals surface area contributed by atoms with E-state index in [1.165, 1.54) is 7.11 Å². The molecule has 4 nitrogen and oxygen atoms in total. The molecule has 0 fully saturated rings. The maximum atomic E-state index is 11.2. The Hall–Kier alpha value is -1.55. The molecule has 15 heavy (non-hydrogen) atoms. The van der Waals surface area contributed by atoms with Gasteiger partial charge >= 0.3 is 5.97 Å². The zero-order valence-corrected chi connectivity index (χ0v) is 8.81. The molecule has 0 spiro atoms. The van der Waals surface area contributed by atoms with Gasteiger partial charge in [0.15, 0.2) is 0 Å². The van der Waals surface area contributed by atoms with Crippen molar-refractivity contribution in [1.82, 2.24) is 0 Å². The zero-order chi connectivity index (χ0) is 11.4. The second-order valence-electron chi connectivity index (χ2n) is 3.43. The lowest BCUT2D eigenvalue weighted by Crippen LogP contribution is -2.36. The monoisotopic (exact) mass is 209 g/mol. The third-order valence-corrected chi connectivity index (χ3v) is 2.43. The Morgan fingerprint density at radius 1 is 1.40 bits per heavy atom. The summed E-state index contributed by atoms with van der Waals surface area (Å²) in [5.41, 5.74) is 6.60. The normalized spacial score (nSPS) is 14.3. The lowest BCUT2D eigenvalue weighted by Gasteiger charge is -2.17. The van der Waals surface area contributed by atoms with E-state index in [2.05, 4.69) is 4.74 Å². The van der Waals surface area contributed by atoms with Crippen LogP contribution >= 0.6 is 0 Å². The average Bonchev–Trinajstić information content (AvgIpc) is 2.27. The van der Waals surface area contributed by atoms with Gasteiger partial charge in [-0.1, -0.05) is 19.1 Å². The summed E-state index contributed by atoms with van der Waals surface area (Å²) < 4.78 is 4.57. The van der Waals surface area contributed by atoms with Crippen LogP contribution in [0.2, 0.25) is 0 Å². The van der Waals surface area contributed by atoms with Gasteiger partial charge in [0.1, 0.15) is 11.8 Å². The average molecular weight is 209 g/mol. The molecule has 0 radical (unpaired) electrons. The van der Waals surface area contributed by atoms with Crippen LogP contribution < -0.4 is 5.73 Å². The van der Waals surface area contributed by atoms with Crippen LogP contribution in [-0.4, -0.2) is 24.2 Å². The molecule has 0 saturated carbocycles. The van der Waals surface area contributed by atoms with E-state index in [0.29, 0.717) is 0 Å². The van der Waals surface area contributed by atoms with E-state index in [4.69, 9.17) is 10.8 Å². The number of hydrogen-bond donors (Lipinski definition) is 2. The van der Waals surface area contributed by atoms with Crippen LogP contribution in [-0.2, 0) is 9.53 Å². The molecule has 1 aromatic rings. The van der Waals surface area contributed by atoms with E-state index in [0.717, 1.165) is 5.56 Å². The first-order chi connectivity index (χ1) is 7.06. The van der Waals surface area contributed by atoms with Gasteiger partial charge < -0.3 is 15.6 Å². The molecule has 1 aromatic carbocycles. The summed E-state index contributed by atoms with van der Waals surface area (Å²) in [5, 5.41) is 9.11. The minimum absolute atomic E-state index is 0.141. The van der Waals surface area contributed by atoms with Crippen molar-refractivity contribution in [2.24, 2.45) is 5.73 Å². The third kappa shape index (κ3) is 2.70. The molecule has 4 heteroatoms. The van der Waals surface area contributed by atoms with Crippen LogP contribution in [0.5, 0.6) is 5.75 Å². The lowest BCUT2D eigenvalue weighted by atomic mass is 9.94. The van der Waals surface area contributed by atoms with Crippen molar-refractivity contribution in [3.63, 3.8) is 0 Å². The molecule has 0 aliphatic rings. The fraction of sp³-hybridized carbons (Fsp3) is 0.364. The molecule has 0 saturated heterocycles. The molecule has 0 bridgehead atoms. The Morgan fingerprint density at radius 3 is 2.40 bits per heavy atom. The highest BCUT2D eigenvalue weighted by Crippen LogP contribution is 2.21. The number of carbonyl (C=O) groups is 1. The summed E-state index contributed by atoms with van der Waals surface area (Å²) in [6, 6.07) is 5.93. The van der Waals surface area contributed by atoms with E-state index in [1.54, 1.807) is 24.3 Å². The van der Waals surface area contributed by atoms with Crippen molar-refractivity contribution in [3.8, 4) is 5.75 Å². The number of ether oxygens (including phenoxy) is 1. The second kappa shape index (κ2) is 4.79. The molecule has 0 aromatic heterocycles. The van der Waals surface area contributed by atoms with E-state index < -0.39 is 12.0 Å². The van der Waals surface area contributed by atoms with Gasteiger partial charge in [-0.15, -0.1) is 0 Å². The minimum atomic E-state index is -0.681. The Labute approximate surface area is 88.7 Å². The highest BCUT2D eigenvalue weighted by atomic mass is 16.5. The van der Waals surface area contributed by atoms with Gasteiger partial charge in [0, 0.05) is 5.92 Å². The number of nitrogens with two attached hydrogens (primary N) is 1. The first kappa shape index (κ1) is 11.5. The summed E-state index contributed by atoms with van der Waals surface area (Å²) in [4.78, 5) is 11.2. The van der Waals surface area contributed by atoms with Crippen molar-refractivity contribution in [3.05, 3.63) is 29.8 Å². The van der Waals surface area contributed by atoms with Gasteiger partial charge in [0.2, 0.25) is 0 Å². The molecule has 82 valence electrons. The number of aromatic hydroxyl groups is 1. The summed E-state index contributed by atoms with van der Waals surface area (Å²) in [7, 11) is 1.31. The molecule has 0 aliphatic heterocycles. The summed E-state index contributed by atoms with van der Waals surface area (Å²) in [6.07, 6.45) is 0. The number of esters is 1. The van der Waals surface area contributed by atoms with Crippen molar-refractivity contribution < 1.29 is 14.6 Å². The Morgan fingerprint density at radius 2 is 1.93 bits per heavy atom. The first-order valence-electron chi connectivity index (χ1n) is 4.68. The van der Waals surface area contributed by atoms with Crippen LogP contribution in [0.25, 0.3) is 0 Å². The number of methoxy groups -OCH3 is 1. The highest BCUT2D eigenvalue weighted by Gasteiger charge is 2.22. The van der Waals surface area contributed by atoms with Crippen LogP contribution in [0.3, 0.4) is 0 Å². The van der Waals surface area contributed by atoms with Gasteiger partial charge in [-0.2, -0.15) is 0 Å². The molecule has 3 N–H and O–H groups in total. The second-order valence-corrected chi connectivity index (χ2v) is 3.43. The Kier molecular flexibility index (Phi) is 3.68. The van der Waals surface area contributed by atoms with Crippen LogP contribution in [0.1, 0.15) is 18.4 Å². The number of phenolic OH excluding ortho intramolecular Hbond substituents is 1. The molecular weight excluding hydrogens is 194 g/mol. The summed E-state index contributed by atoms with van der Waals surface area (Å²) >= 11 is 0. The molecule has 0 aliphatic carbocycles. The van der Waals surface area contributed by atoms with Gasteiger partial charge in [0.25, 0.3) is 0 Å². The number of benzene rings is 1. The summed E-state index contributed by atoms with van der Waals surface area (Å²) in [6.45, 7) is 1.84. The predicted octanol–water partition coefficient (Wildman–Crippen LogP) is 0.996. The van der Waals surface area contributed by atoms with Gasteiger partial charge in [0.05, 0.1) is 7.11 Å². The Balaban J connectivity index is 2.80. The molecule has 0 heterocycles. The first-order valence-corrected chi connectivity index (χ1v) is 4.68. The topological polar surface area (TPSA) is 72.5 Å². The standard InChI is InChI=1S/C11H15NO3/c1-7(10(12)11(14)15-2)8-3-5-9(13)6-4-8/h3-7,10,13H,12H2,1-2H3. The SMILES string of the molecule is COC(=O)C(N)C(C)c1ccc(O)cc1. The van der Waals surface area contributed by atoms with E-state index in [1.807, 2.05) is 6.92 Å². The molecule has 1 rings (SSSR count). The maximum absolute atomic E-state index is 11.2. The smallest absolute Gasteiger partial charge is 0.323 e. The van der Waals surface area contributed by atoms with Crippen molar-refractivity contribution in [2.75, 3.05) is 7.11 Å². The molecule has 2 atom stereocenters. The number of hydrogen-bond acceptors (Lipinski definition) is 4. The number of rotatable bonds is 3. The van der Waals surface area contributed by atoms with Gasteiger partial charge in [-0.25, -0.2) is 0 Å². The van der Waals surface area contributed by atoms with Crippen LogP contribution in [0, 0.1) is 0 Å². The van der Waals surface area contributed by atoms with Gasteiger partial charge in [-0.05, 0) is 17.7 Å². The Bertz CT molecular complexity index is 334. The number of phenols is 1.